The van der Waals surface area contributed by atoms with Gasteiger partial charge in [-0.25, -0.2) is 0 Å². The summed E-state index contributed by atoms with van der Waals surface area (Å²) in [7, 11) is 1.52. The minimum absolute atomic E-state index is 0.00331. The van der Waals surface area contributed by atoms with Gasteiger partial charge in [-0.05, 0) is 35.4 Å². The number of ether oxygens (including phenoxy) is 2. The molecule has 1 amide bonds. The molecule has 1 aliphatic heterocycles. The van der Waals surface area contributed by atoms with Crippen LogP contribution in [0.3, 0.4) is 0 Å². The van der Waals surface area contributed by atoms with Crippen LogP contribution in [0.5, 0.6) is 5.75 Å². The lowest BCUT2D eigenvalue weighted by Crippen LogP contribution is -2.32. The third-order valence-electron chi connectivity index (χ3n) is 5.60. The number of carbonyl (C=O) groups excluding carboxylic acids is 2. The van der Waals surface area contributed by atoms with Gasteiger partial charge in [0.15, 0.2) is 0 Å². The highest BCUT2D eigenvalue weighted by atomic mass is 35.5. The number of methoxy groups -OCH3 is 1. The lowest BCUT2D eigenvalue weighted by Gasteiger charge is -2.25. The molecular formula is C27H24ClNO5. The molecule has 3 aromatic rings. The molecular weight excluding hydrogens is 454 g/mol. The molecule has 0 bridgehead atoms. The van der Waals surface area contributed by atoms with Crippen LogP contribution in [0.4, 0.5) is 0 Å². The zero-order valence-electron chi connectivity index (χ0n) is 18.6. The number of hydrogen-bond donors (Lipinski definition) is 1. The second-order valence-electron chi connectivity index (χ2n) is 7.84. The van der Waals surface area contributed by atoms with E-state index in [1.807, 2.05) is 36.4 Å². The van der Waals surface area contributed by atoms with E-state index in [0.717, 1.165) is 5.56 Å². The van der Waals surface area contributed by atoms with Crippen LogP contribution < -0.4 is 4.74 Å². The summed E-state index contributed by atoms with van der Waals surface area (Å²) in [5.41, 5.74) is 2.02. The Morgan fingerprint density at radius 2 is 1.76 bits per heavy atom. The largest absolute Gasteiger partial charge is 0.507 e. The Morgan fingerprint density at radius 3 is 2.50 bits per heavy atom. The molecule has 1 aliphatic rings. The van der Waals surface area contributed by atoms with Crippen LogP contribution in [0.2, 0.25) is 5.02 Å². The van der Waals surface area contributed by atoms with E-state index in [1.165, 1.54) is 12.0 Å². The third kappa shape index (κ3) is 4.98. The number of rotatable bonds is 8. The molecule has 0 aliphatic carbocycles. The van der Waals surface area contributed by atoms with Crippen LogP contribution >= 0.6 is 11.6 Å². The van der Waals surface area contributed by atoms with Gasteiger partial charge in [0, 0.05) is 24.2 Å². The van der Waals surface area contributed by atoms with E-state index in [-0.39, 0.29) is 24.5 Å². The first kappa shape index (κ1) is 23.5. The Kier molecular flexibility index (Phi) is 7.30. The van der Waals surface area contributed by atoms with Crippen LogP contribution in [0.1, 0.15) is 22.7 Å². The molecule has 1 atom stereocenters. The molecule has 34 heavy (non-hydrogen) atoms. The van der Waals surface area contributed by atoms with Gasteiger partial charge in [0.1, 0.15) is 18.1 Å². The van der Waals surface area contributed by atoms with E-state index in [2.05, 4.69) is 0 Å². The van der Waals surface area contributed by atoms with Gasteiger partial charge in [-0.3, -0.25) is 9.59 Å². The predicted octanol–water partition coefficient (Wildman–Crippen LogP) is 4.99. The maximum atomic E-state index is 13.0. The Balaban J connectivity index is 1.74. The summed E-state index contributed by atoms with van der Waals surface area (Å²) in [4.78, 5) is 27.4. The van der Waals surface area contributed by atoms with Gasteiger partial charge in [0.2, 0.25) is 0 Å². The number of Topliss-reactive ketones (excluding diaryl/α,β-unsaturated/α-hetero) is 1. The number of carbonyl (C=O) groups is 2. The van der Waals surface area contributed by atoms with Crippen LogP contribution in [0, 0.1) is 0 Å². The second-order valence-corrected chi connectivity index (χ2v) is 8.28. The number of aliphatic hydroxyl groups is 1. The molecule has 1 saturated heterocycles. The molecule has 0 aromatic heterocycles. The number of hydrogen-bond acceptors (Lipinski definition) is 5. The van der Waals surface area contributed by atoms with E-state index >= 15 is 0 Å². The maximum Gasteiger partial charge on any atom is 0.295 e. The van der Waals surface area contributed by atoms with Crippen molar-refractivity contribution in [2.45, 2.75) is 12.6 Å². The lowest BCUT2D eigenvalue weighted by atomic mass is 9.95. The number of halogens is 1. The molecule has 1 N–H and O–H groups in total. The van der Waals surface area contributed by atoms with Gasteiger partial charge in [-0.1, -0.05) is 66.2 Å². The fourth-order valence-electron chi connectivity index (χ4n) is 3.95. The van der Waals surface area contributed by atoms with Crippen molar-refractivity contribution in [1.82, 2.24) is 4.90 Å². The molecule has 1 heterocycles. The fourth-order valence-corrected chi connectivity index (χ4v) is 4.14. The molecule has 0 spiro atoms. The van der Waals surface area contributed by atoms with Gasteiger partial charge in [0.05, 0.1) is 18.2 Å². The quantitative estimate of drug-likeness (QED) is 0.281. The van der Waals surface area contributed by atoms with Crippen molar-refractivity contribution >= 4 is 29.1 Å². The van der Waals surface area contributed by atoms with Crippen molar-refractivity contribution in [2.24, 2.45) is 0 Å². The molecule has 0 saturated carbocycles. The summed E-state index contributed by atoms with van der Waals surface area (Å²) in [6.45, 7) is 0.800. The van der Waals surface area contributed by atoms with E-state index in [1.54, 1.807) is 42.5 Å². The first-order valence-electron chi connectivity index (χ1n) is 10.8. The van der Waals surface area contributed by atoms with E-state index in [0.29, 0.717) is 28.5 Å². The van der Waals surface area contributed by atoms with Crippen LogP contribution in [0.15, 0.2) is 84.4 Å². The van der Waals surface area contributed by atoms with Crippen molar-refractivity contribution in [3.63, 3.8) is 0 Å². The van der Waals surface area contributed by atoms with Gasteiger partial charge < -0.3 is 19.5 Å². The average Bonchev–Trinajstić information content (AvgIpc) is 3.11. The van der Waals surface area contributed by atoms with Crippen molar-refractivity contribution in [1.29, 1.82) is 0 Å². The van der Waals surface area contributed by atoms with Crippen molar-refractivity contribution < 1.29 is 24.2 Å². The Hall–Kier alpha value is -3.61. The summed E-state index contributed by atoms with van der Waals surface area (Å²) in [5.74, 6) is -1.14. The normalized spacial score (nSPS) is 17.2. The zero-order valence-corrected chi connectivity index (χ0v) is 19.4. The van der Waals surface area contributed by atoms with Crippen molar-refractivity contribution in [2.75, 3.05) is 20.3 Å². The highest BCUT2D eigenvalue weighted by Crippen LogP contribution is 2.40. The van der Waals surface area contributed by atoms with Gasteiger partial charge in [-0.2, -0.15) is 0 Å². The van der Waals surface area contributed by atoms with Gasteiger partial charge >= 0.3 is 0 Å². The molecule has 174 valence electrons. The number of likely N-dealkylation sites (tertiary alicyclic amines) is 1. The lowest BCUT2D eigenvalue weighted by molar-refractivity contribution is -0.140. The first-order valence-corrected chi connectivity index (χ1v) is 11.2. The van der Waals surface area contributed by atoms with E-state index in [4.69, 9.17) is 21.1 Å². The number of amides is 1. The Morgan fingerprint density at radius 1 is 1.00 bits per heavy atom. The summed E-state index contributed by atoms with van der Waals surface area (Å²) >= 11 is 6.09. The topological polar surface area (TPSA) is 76.1 Å². The van der Waals surface area contributed by atoms with E-state index in [9.17, 15) is 14.7 Å². The van der Waals surface area contributed by atoms with Crippen LogP contribution in [0.25, 0.3) is 5.76 Å². The highest BCUT2D eigenvalue weighted by molar-refractivity contribution is 6.46. The van der Waals surface area contributed by atoms with Crippen molar-refractivity contribution in [3.05, 3.63) is 106 Å². The summed E-state index contributed by atoms with van der Waals surface area (Å²) in [6.07, 6.45) is 0. The molecule has 4 rings (SSSR count). The number of aliphatic hydroxyl groups excluding tert-OH is 1. The van der Waals surface area contributed by atoms with Crippen molar-refractivity contribution in [3.8, 4) is 5.75 Å². The summed E-state index contributed by atoms with van der Waals surface area (Å²) in [6, 6.07) is 22.7. The summed E-state index contributed by atoms with van der Waals surface area (Å²) < 4.78 is 11.1. The van der Waals surface area contributed by atoms with Gasteiger partial charge in [0.25, 0.3) is 11.7 Å². The molecule has 3 aromatic carbocycles. The number of nitrogens with zero attached hydrogens (tertiary/aromatic N) is 1. The zero-order chi connectivity index (χ0) is 24.1. The highest BCUT2D eigenvalue weighted by Gasteiger charge is 2.46. The van der Waals surface area contributed by atoms with Crippen LogP contribution in [-0.2, 0) is 20.9 Å². The fraction of sp³-hybridized carbons (Fsp3) is 0.185. The minimum Gasteiger partial charge on any atom is -0.507 e. The van der Waals surface area contributed by atoms with Gasteiger partial charge in [-0.15, -0.1) is 0 Å². The summed E-state index contributed by atoms with van der Waals surface area (Å²) in [5, 5.41) is 11.5. The monoisotopic (exact) mass is 477 g/mol. The van der Waals surface area contributed by atoms with Crippen LogP contribution in [-0.4, -0.2) is 42.0 Å². The molecule has 6 nitrogen and oxygen atoms in total. The molecule has 1 fully saturated rings. The second kappa shape index (κ2) is 10.5. The van der Waals surface area contributed by atoms with E-state index < -0.39 is 17.7 Å². The average molecular weight is 478 g/mol. The first-order chi connectivity index (χ1) is 16.5. The smallest absolute Gasteiger partial charge is 0.295 e. The molecule has 0 radical (unpaired) electrons. The maximum absolute atomic E-state index is 13.0. The SMILES string of the molecule is COCCN1C(=O)C(=O)/C(=C(\O)c2cccc(Cl)c2)C1c1cccc(OCc2ccccc2)c1. The molecule has 7 heteroatoms. The number of ketones is 1. The molecule has 1 unspecified atom stereocenters. The minimum atomic E-state index is -0.797. The Bertz CT molecular complexity index is 1220. The predicted molar refractivity (Wildman–Crippen MR) is 130 cm³/mol. The third-order valence-corrected chi connectivity index (χ3v) is 5.83. The standard InChI is InChI=1S/C27H24ClNO5/c1-33-14-13-29-24(19-9-6-12-22(16-19)34-17-18-7-3-2-4-8-18)23(26(31)27(29)32)25(30)20-10-5-11-21(28)15-20/h2-12,15-16,24,30H,13-14,17H2,1H3/b25-23-. The number of benzene rings is 3. The Labute approximate surface area is 203 Å².